The minimum Gasteiger partial charge on any atom is -0.310 e. The molecule has 0 amide bonds. The smallest absolute Gasteiger partial charge is 0.0537 e. The summed E-state index contributed by atoms with van der Waals surface area (Å²) in [4.78, 5) is 0. The summed E-state index contributed by atoms with van der Waals surface area (Å²) >= 11 is 0. The lowest BCUT2D eigenvalue weighted by atomic mass is 10.0. The van der Waals surface area contributed by atoms with Crippen LogP contribution in [0, 0.1) is 5.92 Å². The Kier molecular flexibility index (Phi) is 4.60. The summed E-state index contributed by atoms with van der Waals surface area (Å²) in [6, 6.07) is 0.417. The van der Waals surface area contributed by atoms with Gasteiger partial charge in [-0.25, -0.2) is 0 Å². The molecule has 3 nitrogen and oxygen atoms in total. The molecular formula is C14H25N3. The average Bonchev–Trinajstić information content (AvgIpc) is 2.98. The molecular weight excluding hydrogens is 210 g/mol. The molecule has 1 unspecified atom stereocenters. The van der Waals surface area contributed by atoms with Gasteiger partial charge in [-0.15, -0.1) is 0 Å². The molecule has 1 fully saturated rings. The van der Waals surface area contributed by atoms with Crippen LogP contribution in [0.15, 0.2) is 12.4 Å². The second-order valence-electron chi connectivity index (χ2n) is 5.26. The second kappa shape index (κ2) is 6.20. The van der Waals surface area contributed by atoms with Gasteiger partial charge in [-0.1, -0.05) is 32.6 Å². The van der Waals surface area contributed by atoms with Gasteiger partial charge in [0.15, 0.2) is 0 Å². The quantitative estimate of drug-likeness (QED) is 0.821. The highest BCUT2D eigenvalue weighted by Gasteiger charge is 2.15. The SMILES string of the molecule is CCNC(C)c1cnn(CCC2CCCC2)c1. The Morgan fingerprint density at radius 2 is 2.24 bits per heavy atom. The molecule has 0 radical (unpaired) electrons. The molecule has 1 N–H and O–H groups in total. The first-order valence-corrected chi connectivity index (χ1v) is 7.05. The summed E-state index contributed by atoms with van der Waals surface area (Å²) in [5.41, 5.74) is 1.30. The third-order valence-corrected chi connectivity index (χ3v) is 3.90. The van der Waals surface area contributed by atoms with Crippen molar-refractivity contribution in [1.82, 2.24) is 15.1 Å². The predicted molar refractivity (Wildman–Crippen MR) is 70.9 cm³/mol. The summed E-state index contributed by atoms with van der Waals surface area (Å²) in [6.45, 7) is 6.43. The Morgan fingerprint density at radius 1 is 1.47 bits per heavy atom. The normalized spacial score (nSPS) is 18.7. The van der Waals surface area contributed by atoms with E-state index in [4.69, 9.17) is 0 Å². The van der Waals surface area contributed by atoms with Crippen molar-refractivity contribution in [1.29, 1.82) is 0 Å². The third-order valence-electron chi connectivity index (χ3n) is 3.90. The van der Waals surface area contributed by atoms with Crippen molar-refractivity contribution in [3.05, 3.63) is 18.0 Å². The van der Waals surface area contributed by atoms with Crippen LogP contribution in [0.2, 0.25) is 0 Å². The van der Waals surface area contributed by atoms with Crippen LogP contribution in [0.4, 0.5) is 0 Å². The van der Waals surface area contributed by atoms with Gasteiger partial charge in [-0.3, -0.25) is 4.68 Å². The first-order chi connectivity index (χ1) is 8.29. The first kappa shape index (κ1) is 12.6. The van der Waals surface area contributed by atoms with E-state index in [0.717, 1.165) is 19.0 Å². The maximum Gasteiger partial charge on any atom is 0.0537 e. The van der Waals surface area contributed by atoms with Crippen LogP contribution >= 0.6 is 0 Å². The van der Waals surface area contributed by atoms with Gasteiger partial charge in [0.05, 0.1) is 6.20 Å². The zero-order chi connectivity index (χ0) is 12.1. The van der Waals surface area contributed by atoms with Gasteiger partial charge in [-0.05, 0) is 25.8 Å². The van der Waals surface area contributed by atoms with E-state index in [-0.39, 0.29) is 0 Å². The van der Waals surface area contributed by atoms with E-state index >= 15 is 0 Å². The van der Waals surface area contributed by atoms with Crippen molar-refractivity contribution in [2.24, 2.45) is 5.92 Å². The second-order valence-corrected chi connectivity index (χ2v) is 5.26. The van der Waals surface area contributed by atoms with E-state index in [0.29, 0.717) is 6.04 Å². The number of nitrogens with one attached hydrogen (secondary N) is 1. The minimum atomic E-state index is 0.417. The van der Waals surface area contributed by atoms with Crippen molar-refractivity contribution in [3.8, 4) is 0 Å². The molecule has 0 aliphatic heterocycles. The number of hydrogen-bond donors (Lipinski definition) is 1. The number of nitrogens with zero attached hydrogens (tertiary/aromatic N) is 2. The van der Waals surface area contributed by atoms with Crippen LogP contribution in [-0.4, -0.2) is 16.3 Å². The zero-order valence-electron chi connectivity index (χ0n) is 11.2. The lowest BCUT2D eigenvalue weighted by Gasteiger charge is -2.10. The molecule has 0 spiro atoms. The van der Waals surface area contributed by atoms with E-state index in [2.05, 4.69) is 35.1 Å². The minimum absolute atomic E-state index is 0.417. The van der Waals surface area contributed by atoms with Crippen LogP contribution in [-0.2, 0) is 6.54 Å². The van der Waals surface area contributed by atoms with Gasteiger partial charge in [0.2, 0.25) is 0 Å². The Balaban J connectivity index is 1.80. The molecule has 0 saturated heterocycles. The average molecular weight is 235 g/mol. The molecule has 3 heteroatoms. The van der Waals surface area contributed by atoms with Gasteiger partial charge in [0.25, 0.3) is 0 Å². The molecule has 0 bridgehead atoms. The van der Waals surface area contributed by atoms with Gasteiger partial charge in [0.1, 0.15) is 0 Å². The summed E-state index contributed by atoms with van der Waals surface area (Å²) < 4.78 is 2.11. The fraction of sp³-hybridized carbons (Fsp3) is 0.786. The summed E-state index contributed by atoms with van der Waals surface area (Å²) in [5.74, 6) is 0.953. The standard InChI is InChI=1S/C14H25N3/c1-3-15-12(2)14-10-16-17(11-14)9-8-13-6-4-5-7-13/h10-13,15H,3-9H2,1-2H3. The van der Waals surface area contributed by atoms with Crippen molar-refractivity contribution in [2.75, 3.05) is 6.54 Å². The fourth-order valence-corrected chi connectivity index (χ4v) is 2.76. The van der Waals surface area contributed by atoms with Crippen LogP contribution in [0.5, 0.6) is 0 Å². The number of hydrogen-bond acceptors (Lipinski definition) is 2. The van der Waals surface area contributed by atoms with Crippen molar-refractivity contribution in [3.63, 3.8) is 0 Å². The summed E-state index contributed by atoms with van der Waals surface area (Å²) in [6.07, 6.45) is 11.2. The number of rotatable bonds is 6. The van der Waals surface area contributed by atoms with Crippen LogP contribution in [0.3, 0.4) is 0 Å². The molecule has 17 heavy (non-hydrogen) atoms. The number of aryl methyl sites for hydroxylation is 1. The van der Waals surface area contributed by atoms with Crippen molar-refractivity contribution in [2.45, 2.75) is 58.5 Å². The molecule has 1 aliphatic carbocycles. The lowest BCUT2D eigenvalue weighted by Crippen LogP contribution is -2.17. The molecule has 1 aliphatic rings. The molecule has 2 rings (SSSR count). The highest BCUT2D eigenvalue weighted by molar-refractivity contribution is 5.08. The lowest BCUT2D eigenvalue weighted by molar-refractivity contribution is 0.439. The van der Waals surface area contributed by atoms with Gasteiger partial charge in [0, 0.05) is 24.3 Å². The van der Waals surface area contributed by atoms with E-state index in [1.165, 1.54) is 37.7 Å². The molecule has 1 atom stereocenters. The van der Waals surface area contributed by atoms with Crippen molar-refractivity contribution < 1.29 is 0 Å². The fourth-order valence-electron chi connectivity index (χ4n) is 2.76. The molecule has 96 valence electrons. The first-order valence-electron chi connectivity index (χ1n) is 7.05. The Hall–Kier alpha value is -0.830. The van der Waals surface area contributed by atoms with E-state index in [1.807, 2.05) is 6.20 Å². The molecule has 1 aromatic rings. The largest absolute Gasteiger partial charge is 0.310 e. The molecule has 1 heterocycles. The van der Waals surface area contributed by atoms with Gasteiger partial charge >= 0.3 is 0 Å². The monoisotopic (exact) mass is 235 g/mol. The summed E-state index contributed by atoms with van der Waals surface area (Å²) in [5, 5.41) is 7.88. The topological polar surface area (TPSA) is 29.9 Å². The van der Waals surface area contributed by atoms with Crippen LogP contribution in [0.25, 0.3) is 0 Å². The molecule has 1 saturated carbocycles. The van der Waals surface area contributed by atoms with Gasteiger partial charge in [-0.2, -0.15) is 5.10 Å². The number of aromatic nitrogens is 2. The molecule has 0 aromatic carbocycles. The molecule has 1 aromatic heterocycles. The van der Waals surface area contributed by atoms with Crippen LogP contribution in [0.1, 0.15) is 57.6 Å². The highest BCUT2D eigenvalue weighted by Crippen LogP contribution is 2.27. The van der Waals surface area contributed by atoms with E-state index in [1.54, 1.807) is 0 Å². The highest BCUT2D eigenvalue weighted by atomic mass is 15.3. The zero-order valence-corrected chi connectivity index (χ0v) is 11.2. The Bertz CT molecular complexity index is 326. The van der Waals surface area contributed by atoms with E-state index < -0.39 is 0 Å². The summed E-state index contributed by atoms with van der Waals surface area (Å²) in [7, 11) is 0. The maximum atomic E-state index is 4.46. The van der Waals surface area contributed by atoms with Crippen LogP contribution < -0.4 is 5.32 Å². The van der Waals surface area contributed by atoms with E-state index in [9.17, 15) is 0 Å². The Labute approximate surface area is 105 Å². The van der Waals surface area contributed by atoms with Gasteiger partial charge < -0.3 is 5.32 Å². The Morgan fingerprint density at radius 3 is 2.94 bits per heavy atom. The maximum absolute atomic E-state index is 4.46. The predicted octanol–water partition coefficient (Wildman–Crippen LogP) is 3.13. The van der Waals surface area contributed by atoms with Crippen molar-refractivity contribution >= 4 is 0 Å². The third kappa shape index (κ3) is 3.56.